The fourth-order valence-electron chi connectivity index (χ4n) is 1.00. The molecule has 0 bridgehead atoms. The van der Waals surface area contributed by atoms with Crippen molar-refractivity contribution in [1.29, 1.82) is 0 Å². The standard InChI is InChI=1S/C8H6BrN3OS/c9-8-2-1-7(14-8)6(13)3-12-5-10-4-11-12/h1-2,4-5H,3H2. The molecule has 0 amide bonds. The second-order valence-electron chi connectivity index (χ2n) is 2.62. The summed E-state index contributed by atoms with van der Waals surface area (Å²) in [5, 5.41) is 3.87. The molecule has 72 valence electrons. The second kappa shape index (κ2) is 4.02. The molecule has 4 nitrogen and oxygen atoms in total. The van der Waals surface area contributed by atoms with E-state index in [1.165, 1.54) is 28.7 Å². The van der Waals surface area contributed by atoms with Gasteiger partial charge in [0.15, 0.2) is 5.78 Å². The molecule has 0 N–H and O–H groups in total. The number of nitrogens with zero attached hydrogens (tertiary/aromatic N) is 3. The first kappa shape index (κ1) is 9.54. The second-order valence-corrected chi connectivity index (χ2v) is 5.08. The highest BCUT2D eigenvalue weighted by Gasteiger charge is 2.09. The molecule has 0 aliphatic rings. The molecule has 0 saturated carbocycles. The predicted molar refractivity (Wildman–Crippen MR) is 56.4 cm³/mol. The predicted octanol–water partition coefficient (Wildman–Crippen LogP) is 1.98. The van der Waals surface area contributed by atoms with E-state index in [0.29, 0.717) is 0 Å². The fourth-order valence-corrected chi connectivity index (χ4v) is 2.32. The average molecular weight is 272 g/mol. The van der Waals surface area contributed by atoms with E-state index in [-0.39, 0.29) is 12.3 Å². The van der Waals surface area contributed by atoms with Gasteiger partial charge >= 0.3 is 0 Å². The Bertz CT molecular complexity index is 437. The Morgan fingerprint density at radius 3 is 3.00 bits per heavy atom. The Hall–Kier alpha value is -1.01. The highest BCUT2D eigenvalue weighted by Crippen LogP contribution is 2.22. The average Bonchev–Trinajstić information content (AvgIpc) is 2.75. The number of Topliss-reactive ketones (excluding diaryl/α,β-unsaturated/α-hetero) is 1. The maximum Gasteiger partial charge on any atom is 0.194 e. The van der Waals surface area contributed by atoms with Crippen LogP contribution >= 0.6 is 27.3 Å². The molecule has 0 aliphatic carbocycles. The van der Waals surface area contributed by atoms with E-state index in [1.807, 2.05) is 6.07 Å². The summed E-state index contributed by atoms with van der Waals surface area (Å²) in [5.41, 5.74) is 0. The van der Waals surface area contributed by atoms with Gasteiger partial charge in [-0.25, -0.2) is 9.67 Å². The molecule has 0 unspecified atom stereocenters. The summed E-state index contributed by atoms with van der Waals surface area (Å²) < 4.78 is 2.47. The Kier molecular flexibility index (Phi) is 2.74. The number of rotatable bonds is 3. The smallest absolute Gasteiger partial charge is 0.194 e. The number of aromatic nitrogens is 3. The van der Waals surface area contributed by atoms with Crippen LogP contribution in [-0.2, 0) is 6.54 Å². The minimum atomic E-state index is 0.0474. The monoisotopic (exact) mass is 271 g/mol. The van der Waals surface area contributed by atoms with Gasteiger partial charge in [-0.1, -0.05) is 0 Å². The SMILES string of the molecule is O=C(Cn1cncn1)c1ccc(Br)s1. The van der Waals surface area contributed by atoms with Gasteiger partial charge in [0, 0.05) is 0 Å². The Morgan fingerprint density at radius 1 is 1.57 bits per heavy atom. The maximum absolute atomic E-state index is 11.6. The molecule has 0 aromatic carbocycles. The third-order valence-electron chi connectivity index (χ3n) is 1.62. The highest BCUT2D eigenvalue weighted by atomic mass is 79.9. The molecular formula is C8H6BrN3OS. The molecule has 0 spiro atoms. The van der Waals surface area contributed by atoms with Gasteiger partial charge < -0.3 is 0 Å². The Morgan fingerprint density at radius 2 is 2.43 bits per heavy atom. The molecule has 6 heteroatoms. The number of thiophene rings is 1. The van der Waals surface area contributed by atoms with E-state index in [0.717, 1.165) is 8.66 Å². The topological polar surface area (TPSA) is 47.8 Å². The molecule has 0 atom stereocenters. The Balaban J connectivity index is 2.10. The van der Waals surface area contributed by atoms with Crippen molar-refractivity contribution < 1.29 is 4.79 Å². The van der Waals surface area contributed by atoms with Crippen LogP contribution in [0.5, 0.6) is 0 Å². The lowest BCUT2D eigenvalue weighted by Crippen LogP contribution is -2.09. The molecule has 0 aliphatic heterocycles. The number of hydrogen-bond acceptors (Lipinski definition) is 4. The van der Waals surface area contributed by atoms with Crippen molar-refractivity contribution >= 4 is 33.0 Å². The van der Waals surface area contributed by atoms with Crippen LogP contribution < -0.4 is 0 Å². The number of halogens is 1. The minimum Gasteiger partial charge on any atom is -0.291 e. The molecule has 2 aromatic rings. The van der Waals surface area contributed by atoms with Crippen molar-refractivity contribution in [2.45, 2.75) is 6.54 Å². The summed E-state index contributed by atoms with van der Waals surface area (Å²) in [7, 11) is 0. The largest absolute Gasteiger partial charge is 0.291 e. The third-order valence-corrected chi connectivity index (χ3v) is 3.28. The summed E-state index contributed by atoms with van der Waals surface area (Å²) in [6, 6.07) is 3.66. The third kappa shape index (κ3) is 2.08. The van der Waals surface area contributed by atoms with E-state index >= 15 is 0 Å². The van der Waals surface area contributed by atoms with Crippen LogP contribution in [0.4, 0.5) is 0 Å². The van der Waals surface area contributed by atoms with Gasteiger partial charge in [0.05, 0.1) is 8.66 Å². The number of carbonyl (C=O) groups excluding carboxylic acids is 1. The first-order valence-electron chi connectivity index (χ1n) is 3.86. The zero-order chi connectivity index (χ0) is 9.97. The van der Waals surface area contributed by atoms with Crippen LogP contribution in [0.25, 0.3) is 0 Å². The lowest BCUT2D eigenvalue weighted by atomic mass is 10.3. The normalized spacial score (nSPS) is 10.4. The van der Waals surface area contributed by atoms with Gasteiger partial charge in [-0.05, 0) is 28.1 Å². The van der Waals surface area contributed by atoms with Crippen LogP contribution in [0.3, 0.4) is 0 Å². The van der Waals surface area contributed by atoms with Crippen molar-refractivity contribution in [2.75, 3.05) is 0 Å². The van der Waals surface area contributed by atoms with Crippen molar-refractivity contribution in [2.24, 2.45) is 0 Å². The summed E-state index contributed by atoms with van der Waals surface area (Å²) >= 11 is 4.73. The van der Waals surface area contributed by atoms with E-state index in [9.17, 15) is 4.79 Å². The zero-order valence-corrected chi connectivity index (χ0v) is 9.46. The maximum atomic E-state index is 11.6. The fraction of sp³-hybridized carbons (Fsp3) is 0.125. The van der Waals surface area contributed by atoms with E-state index in [2.05, 4.69) is 26.0 Å². The quantitative estimate of drug-likeness (QED) is 0.803. The first-order chi connectivity index (χ1) is 6.75. The van der Waals surface area contributed by atoms with E-state index < -0.39 is 0 Å². The van der Waals surface area contributed by atoms with Crippen molar-refractivity contribution in [3.8, 4) is 0 Å². The summed E-state index contributed by atoms with van der Waals surface area (Å²) in [5.74, 6) is 0.0474. The zero-order valence-electron chi connectivity index (χ0n) is 7.05. The molecule has 0 saturated heterocycles. The number of carbonyl (C=O) groups is 1. The van der Waals surface area contributed by atoms with Gasteiger partial charge in [0.25, 0.3) is 0 Å². The van der Waals surface area contributed by atoms with Crippen LogP contribution in [0.15, 0.2) is 28.6 Å². The van der Waals surface area contributed by atoms with E-state index in [4.69, 9.17) is 0 Å². The lowest BCUT2D eigenvalue weighted by molar-refractivity contribution is 0.0971. The minimum absolute atomic E-state index is 0.0474. The van der Waals surface area contributed by atoms with Gasteiger partial charge in [-0.15, -0.1) is 11.3 Å². The Labute approximate surface area is 92.7 Å². The van der Waals surface area contributed by atoms with Gasteiger partial charge in [0.2, 0.25) is 0 Å². The molecule has 0 radical (unpaired) electrons. The van der Waals surface area contributed by atoms with Crippen molar-refractivity contribution in [3.05, 3.63) is 33.5 Å². The number of ketones is 1. The number of hydrogen-bond donors (Lipinski definition) is 0. The van der Waals surface area contributed by atoms with Crippen LogP contribution in [0, 0.1) is 0 Å². The van der Waals surface area contributed by atoms with Crippen molar-refractivity contribution in [1.82, 2.24) is 14.8 Å². The van der Waals surface area contributed by atoms with Gasteiger partial charge in [0.1, 0.15) is 19.2 Å². The summed E-state index contributed by atoms with van der Waals surface area (Å²) in [6.45, 7) is 0.243. The molecular weight excluding hydrogens is 266 g/mol. The summed E-state index contributed by atoms with van der Waals surface area (Å²) in [6.07, 6.45) is 2.94. The molecule has 0 fully saturated rings. The molecule has 2 heterocycles. The first-order valence-corrected chi connectivity index (χ1v) is 5.47. The van der Waals surface area contributed by atoms with Gasteiger partial charge in [-0.2, -0.15) is 5.10 Å². The van der Waals surface area contributed by atoms with Crippen LogP contribution in [0.1, 0.15) is 9.67 Å². The highest BCUT2D eigenvalue weighted by molar-refractivity contribution is 9.11. The van der Waals surface area contributed by atoms with Crippen LogP contribution in [-0.4, -0.2) is 20.5 Å². The van der Waals surface area contributed by atoms with E-state index in [1.54, 1.807) is 6.07 Å². The molecule has 2 rings (SSSR count). The van der Waals surface area contributed by atoms with Crippen molar-refractivity contribution in [3.63, 3.8) is 0 Å². The van der Waals surface area contributed by atoms with Crippen LogP contribution in [0.2, 0.25) is 0 Å². The lowest BCUT2D eigenvalue weighted by Gasteiger charge is -1.96. The summed E-state index contributed by atoms with van der Waals surface area (Å²) in [4.78, 5) is 16.1. The van der Waals surface area contributed by atoms with Gasteiger partial charge in [-0.3, -0.25) is 4.79 Å². The molecule has 2 aromatic heterocycles. The molecule has 14 heavy (non-hydrogen) atoms.